The van der Waals surface area contributed by atoms with Crippen molar-refractivity contribution in [2.24, 2.45) is 5.92 Å². The molecule has 0 bridgehead atoms. The highest BCUT2D eigenvalue weighted by Crippen LogP contribution is 2.34. The summed E-state index contributed by atoms with van der Waals surface area (Å²) in [6.07, 6.45) is 2.03. The van der Waals surface area contributed by atoms with E-state index in [1.165, 1.54) is 16.4 Å². The van der Waals surface area contributed by atoms with Crippen molar-refractivity contribution in [2.45, 2.75) is 37.6 Å². The molecule has 21 heavy (non-hydrogen) atoms. The van der Waals surface area contributed by atoms with E-state index in [4.69, 9.17) is 5.73 Å². The van der Waals surface area contributed by atoms with Gasteiger partial charge in [-0.2, -0.15) is 4.31 Å². The molecule has 0 unspecified atom stereocenters. The van der Waals surface area contributed by atoms with Crippen molar-refractivity contribution in [3.8, 4) is 0 Å². The number of benzene rings is 1. The third kappa shape index (κ3) is 3.33. The number of hydrogen-bond donors (Lipinski definition) is 1. The minimum atomic E-state index is -3.84. The highest BCUT2D eigenvalue weighted by atomic mass is 32.2. The lowest BCUT2D eigenvalue weighted by Gasteiger charge is -2.26. The monoisotopic (exact) mass is 313 g/mol. The van der Waals surface area contributed by atoms with Crippen LogP contribution in [0, 0.1) is 16.0 Å². The number of nitrogens with two attached hydrogens (primary N) is 1. The van der Waals surface area contributed by atoms with Crippen LogP contribution in [0.2, 0.25) is 0 Å². The van der Waals surface area contributed by atoms with Gasteiger partial charge in [0, 0.05) is 24.7 Å². The molecule has 1 fully saturated rings. The van der Waals surface area contributed by atoms with Crippen LogP contribution >= 0.6 is 0 Å². The van der Waals surface area contributed by atoms with Gasteiger partial charge in [0.1, 0.15) is 4.90 Å². The first kappa shape index (κ1) is 15.7. The van der Waals surface area contributed by atoms with Gasteiger partial charge >= 0.3 is 0 Å². The fourth-order valence-electron chi connectivity index (χ4n) is 2.13. The maximum absolute atomic E-state index is 12.8. The number of nitrogen functional groups attached to an aromatic ring is 1. The molecule has 0 aliphatic heterocycles. The van der Waals surface area contributed by atoms with Crippen molar-refractivity contribution < 1.29 is 13.3 Å². The van der Waals surface area contributed by atoms with Crippen molar-refractivity contribution in [1.82, 2.24) is 4.31 Å². The van der Waals surface area contributed by atoms with E-state index in [9.17, 15) is 18.5 Å². The molecular weight excluding hydrogens is 294 g/mol. The second-order valence-electron chi connectivity index (χ2n) is 5.59. The number of nitrogens with zero attached hydrogens (tertiary/aromatic N) is 2. The molecule has 0 radical (unpaired) electrons. The molecule has 2 N–H and O–H groups in total. The summed E-state index contributed by atoms with van der Waals surface area (Å²) < 4.78 is 26.9. The maximum atomic E-state index is 12.8. The number of nitro groups is 1. The summed E-state index contributed by atoms with van der Waals surface area (Å²) in [5.41, 5.74) is 5.48. The van der Waals surface area contributed by atoms with E-state index in [1.54, 1.807) is 13.8 Å². The largest absolute Gasteiger partial charge is 0.398 e. The third-order valence-electron chi connectivity index (χ3n) is 3.51. The molecular formula is C13H19N3O4S. The van der Waals surface area contributed by atoms with Gasteiger partial charge in [0.2, 0.25) is 10.0 Å². The van der Waals surface area contributed by atoms with Gasteiger partial charge in [-0.3, -0.25) is 10.1 Å². The lowest BCUT2D eigenvalue weighted by molar-refractivity contribution is -0.385. The van der Waals surface area contributed by atoms with Gasteiger partial charge in [0.15, 0.2) is 0 Å². The predicted octanol–water partition coefficient (Wildman–Crippen LogP) is 1.99. The fourth-order valence-corrected chi connectivity index (χ4v) is 3.98. The Bertz CT molecular complexity index is 653. The second kappa shape index (κ2) is 5.61. The first-order valence-electron chi connectivity index (χ1n) is 6.79. The van der Waals surface area contributed by atoms with E-state index in [-0.39, 0.29) is 22.3 Å². The van der Waals surface area contributed by atoms with E-state index in [2.05, 4.69) is 0 Å². The topological polar surface area (TPSA) is 107 Å². The lowest BCUT2D eigenvalue weighted by atomic mass is 10.3. The number of hydrogen-bond acceptors (Lipinski definition) is 5. The highest BCUT2D eigenvalue weighted by molar-refractivity contribution is 7.89. The van der Waals surface area contributed by atoms with Crippen molar-refractivity contribution >= 4 is 21.4 Å². The number of sulfonamides is 1. The van der Waals surface area contributed by atoms with Crippen LogP contribution in [-0.4, -0.2) is 30.2 Å². The van der Waals surface area contributed by atoms with Crippen LogP contribution in [0.4, 0.5) is 11.4 Å². The molecule has 0 amide bonds. The smallest absolute Gasteiger partial charge is 0.270 e. The minimum Gasteiger partial charge on any atom is -0.398 e. The van der Waals surface area contributed by atoms with Crippen LogP contribution in [0.1, 0.15) is 26.7 Å². The summed E-state index contributed by atoms with van der Waals surface area (Å²) >= 11 is 0. The Labute approximate surface area is 123 Å². The van der Waals surface area contributed by atoms with Crippen LogP contribution in [0.5, 0.6) is 0 Å². The molecule has 2 rings (SSSR count). The second-order valence-corrected chi connectivity index (χ2v) is 7.45. The zero-order valence-electron chi connectivity index (χ0n) is 12.0. The van der Waals surface area contributed by atoms with Gasteiger partial charge in [-0.05, 0) is 38.7 Å². The maximum Gasteiger partial charge on any atom is 0.270 e. The Morgan fingerprint density at radius 2 is 2.05 bits per heavy atom. The number of non-ortho nitro benzene ring substituents is 1. The Morgan fingerprint density at radius 3 is 2.52 bits per heavy atom. The van der Waals surface area contributed by atoms with E-state index < -0.39 is 14.9 Å². The van der Waals surface area contributed by atoms with Crippen molar-refractivity contribution in [1.29, 1.82) is 0 Å². The molecule has 1 saturated carbocycles. The normalized spacial score (nSPS) is 15.6. The summed E-state index contributed by atoms with van der Waals surface area (Å²) in [5.74, 6) is 0.377. The van der Waals surface area contributed by atoms with Gasteiger partial charge in [0.25, 0.3) is 5.69 Å². The SMILES string of the molecule is CC(C)N(CC1CC1)S(=O)(=O)c1cc([N+](=O)[O-])ccc1N. The van der Waals surface area contributed by atoms with E-state index in [0.717, 1.165) is 18.9 Å². The van der Waals surface area contributed by atoms with Crippen molar-refractivity contribution in [3.05, 3.63) is 28.3 Å². The van der Waals surface area contributed by atoms with Gasteiger partial charge in [0.05, 0.1) is 10.6 Å². The average molecular weight is 313 g/mol. The molecule has 116 valence electrons. The molecule has 0 saturated heterocycles. The molecule has 0 spiro atoms. The molecule has 1 aliphatic carbocycles. The molecule has 1 aliphatic rings. The van der Waals surface area contributed by atoms with Gasteiger partial charge in [-0.25, -0.2) is 8.42 Å². The summed E-state index contributed by atoms with van der Waals surface area (Å²) in [5, 5.41) is 10.8. The first-order valence-corrected chi connectivity index (χ1v) is 8.23. The van der Waals surface area contributed by atoms with Crippen LogP contribution in [0.15, 0.2) is 23.1 Å². The zero-order chi connectivity index (χ0) is 15.8. The van der Waals surface area contributed by atoms with Crippen molar-refractivity contribution in [3.63, 3.8) is 0 Å². The van der Waals surface area contributed by atoms with Gasteiger partial charge in [-0.15, -0.1) is 0 Å². The van der Waals surface area contributed by atoms with Crippen LogP contribution in [-0.2, 0) is 10.0 Å². The lowest BCUT2D eigenvalue weighted by Crippen LogP contribution is -2.38. The molecule has 7 nitrogen and oxygen atoms in total. The van der Waals surface area contributed by atoms with Gasteiger partial charge in [-0.1, -0.05) is 0 Å². The summed E-state index contributed by atoms with van der Waals surface area (Å²) in [7, 11) is -3.84. The first-order chi connectivity index (χ1) is 9.73. The molecule has 0 atom stereocenters. The number of nitro benzene ring substituents is 1. The predicted molar refractivity (Wildman–Crippen MR) is 79.3 cm³/mol. The molecule has 8 heteroatoms. The van der Waals surface area contributed by atoms with E-state index >= 15 is 0 Å². The Hall–Kier alpha value is -1.67. The van der Waals surface area contributed by atoms with E-state index in [1.807, 2.05) is 0 Å². The standard InChI is InChI=1S/C13H19N3O4S/c1-9(2)15(8-10-3-4-10)21(19,20)13-7-11(16(17)18)5-6-12(13)14/h5-7,9-10H,3-4,8,14H2,1-2H3. The third-order valence-corrected chi connectivity index (χ3v) is 5.60. The summed E-state index contributed by atoms with van der Waals surface area (Å²) in [4.78, 5) is 10.0. The minimum absolute atomic E-state index is 0.0297. The van der Waals surface area contributed by atoms with Crippen LogP contribution < -0.4 is 5.73 Å². The van der Waals surface area contributed by atoms with Crippen LogP contribution in [0.25, 0.3) is 0 Å². The van der Waals surface area contributed by atoms with Gasteiger partial charge < -0.3 is 5.73 Å². The Morgan fingerprint density at radius 1 is 1.43 bits per heavy atom. The molecule has 1 aromatic carbocycles. The summed E-state index contributed by atoms with van der Waals surface area (Å²) in [6.45, 7) is 4.00. The van der Waals surface area contributed by atoms with Crippen LogP contribution in [0.3, 0.4) is 0 Å². The fraction of sp³-hybridized carbons (Fsp3) is 0.538. The van der Waals surface area contributed by atoms with Crippen molar-refractivity contribution in [2.75, 3.05) is 12.3 Å². The Kier molecular flexibility index (Phi) is 4.20. The zero-order valence-corrected chi connectivity index (χ0v) is 12.8. The molecule has 0 heterocycles. The number of rotatable bonds is 6. The molecule has 0 aromatic heterocycles. The average Bonchev–Trinajstić information content (AvgIpc) is 3.19. The van der Waals surface area contributed by atoms with E-state index in [0.29, 0.717) is 12.5 Å². The molecule has 1 aromatic rings. The summed E-state index contributed by atoms with van der Waals surface area (Å²) in [6, 6.07) is 3.27. The quantitative estimate of drug-likeness (QED) is 0.491. The Balaban J connectivity index is 2.45. The number of anilines is 1. The highest BCUT2D eigenvalue weighted by Gasteiger charge is 2.35.